The molecule has 0 radical (unpaired) electrons. The summed E-state index contributed by atoms with van der Waals surface area (Å²) >= 11 is 1.90. The second-order valence-corrected chi connectivity index (χ2v) is 7.44. The first-order valence-corrected chi connectivity index (χ1v) is 7.42. The summed E-state index contributed by atoms with van der Waals surface area (Å²) < 4.78 is 0.229. The highest BCUT2D eigenvalue weighted by Crippen LogP contribution is 2.30. The zero-order valence-corrected chi connectivity index (χ0v) is 12.5. The molecule has 0 spiro atoms. The van der Waals surface area contributed by atoms with Crippen LogP contribution in [-0.2, 0) is 0 Å². The van der Waals surface area contributed by atoms with Gasteiger partial charge in [-0.15, -0.1) is 0 Å². The number of fused-ring (bicyclic) bond motifs is 1. The fourth-order valence-corrected chi connectivity index (χ4v) is 2.92. The summed E-state index contributed by atoms with van der Waals surface area (Å²) in [5.74, 6) is 6.66. The maximum Gasteiger partial charge on any atom is 0.0571 e. The molecule has 0 aliphatic carbocycles. The molecule has 0 bridgehead atoms. The number of nitrogens with zero attached hydrogens (tertiary/aromatic N) is 1. The van der Waals surface area contributed by atoms with Crippen LogP contribution in [0.25, 0.3) is 10.8 Å². The summed E-state index contributed by atoms with van der Waals surface area (Å²) in [6.07, 6.45) is 3.80. The molecule has 3 nitrogen and oxygen atoms in total. The lowest BCUT2D eigenvalue weighted by Gasteiger charge is -2.23. The summed E-state index contributed by atoms with van der Waals surface area (Å²) in [6.45, 7) is 6.64. The smallest absolute Gasteiger partial charge is 0.0571 e. The Morgan fingerprint density at radius 3 is 2.68 bits per heavy atom. The third-order valence-electron chi connectivity index (χ3n) is 2.96. The summed E-state index contributed by atoms with van der Waals surface area (Å²) in [6, 6.07) is 8.40. The van der Waals surface area contributed by atoms with E-state index < -0.39 is 0 Å². The Labute approximate surface area is 119 Å². The van der Waals surface area contributed by atoms with Gasteiger partial charge in [-0.3, -0.25) is 16.3 Å². The fourth-order valence-electron chi connectivity index (χ4n) is 1.98. The van der Waals surface area contributed by atoms with Crippen molar-refractivity contribution in [2.75, 3.05) is 5.75 Å². The second kappa shape index (κ2) is 5.90. The lowest BCUT2D eigenvalue weighted by Crippen LogP contribution is -2.31. The zero-order valence-electron chi connectivity index (χ0n) is 11.7. The molecule has 1 atom stereocenters. The van der Waals surface area contributed by atoms with Crippen LogP contribution in [0.15, 0.2) is 36.7 Å². The number of aromatic nitrogens is 1. The maximum atomic E-state index is 5.73. The number of nitrogens with one attached hydrogen (secondary N) is 1. The second-order valence-electron chi connectivity index (χ2n) is 5.59. The van der Waals surface area contributed by atoms with Gasteiger partial charge in [0.2, 0.25) is 0 Å². The first kappa shape index (κ1) is 14.3. The Morgan fingerprint density at radius 1 is 1.26 bits per heavy atom. The van der Waals surface area contributed by atoms with Crippen molar-refractivity contribution in [1.82, 2.24) is 10.4 Å². The third kappa shape index (κ3) is 3.69. The van der Waals surface area contributed by atoms with Gasteiger partial charge < -0.3 is 0 Å². The summed E-state index contributed by atoms with van der Waals surface area (Å²) in [5, 5.41) is 2.37. The molecule has 0 aliphatic heterocycles. The number of benzene rings is 1. The minimum absolute atomic E-state index is 0.114. The molecular formula is C15H21N3S. The van der Waals surface area contributed by atoms with E-state index in [0.717, 1.165) is 16.7 Å². The van der Waals surface area contributed by atoms with Crippen molar-refractivity contribution in [2.24, 2.45) is 5.84 Å². The van der Waals surface area contributed by atoms with Gasteiger partial charge in [0.25, 0.3) is 0 Å². The summed E-state index contributed by atoms with van der Waals surface area (Å²) in [4.78, 5) is 4.32. The zero-order chi connectivity index (χ0) is 13.9. The monoisotopic (exact) mass is 275 g/mol. The van der Waals surface area contributed by atoms with E-state index in [4.69, 9.17) is 5.84 Å². The van der Waals surface area contributed by atoms with Gasteiger partial charge in [-0.1, -0.05) is 45.0 Å². The largest absolute Gasteiger partial charge is 0.271 e. The highest BCUT2D eigenvalue weighted by molar-refractivity contribution is 8.00. The first-order chi connectivity index (χ1) is 9.01. The lowest BCUT2D eigenvalue weighted by molar-refractivity contribution is 0.610. The molecule has 0 amide bonds. The average Bonchev–Trinajstić information content (AvgIpc) is 2.38. The van der Waals surface area contributed by atoms with Gasteiger partial charge in [-0.25, -0.2) is 0 Å². The molecule has 1 unspecified atom stereocenters. The standard InChI is InChI=1S/C15H21N3S/c1-15(2,3)19-10-14(18-16)13-9-17-8-11-6-4-5-7-12(11)13/h4-9,14,18H,10,16H2,1-3H3. The SMILES string of the molecule is CC(C)(C)SCC(NN)c1cncc2ccccc12. The van der Waals surface area contributed by atoms with Crippen molar-refractivity contribution >= 4 is 22.5 Å². The van der Waals surface area contributed by atoms with Crippen molar-refractivity contribution in [1.29, 1.82) is 0 Å². The van der Waals surface area contributed by atoms with Crippen LogP contribution >= 0.6 is 11.8 Å². The molecule has 0 aliphatic rings. The van der Waals surface area contributed by atoms with Crippen molar-refractivity contribution < 1.29 is 0 Å². The maximum absolute atomic E-state index is 5.73. The Morgan fingerprint density at radius 2 is 2.00 bits per heavy atom. The van der Waals surface area contributed by atoms with E-state index in [1.807, 2.05) is 30.2 Å². The molecule has 102 valence electrons. The van der Waals surface area contributed by atoms with Crippen LogP contribution in [0.1, 0.15) is 32.4 Å². The van der Waals surface area contributed by atoms with Gasteiger partial charge in [-0.2, -0.15) is 11.8 Å². The van der Waals surface area contributed by atoms with Crippen LogP contribution in [0.5, 0.6) is 0 Å². The molecule has 0 fully saturated rings. The van der Waals surface area contributed by atoms with E-state index in [0.29, 0.717) is 0 Å². The molecule has 19 heavy (non-hydrogen) atoms. The Balaban J connectivity index is 2.30. The van der Waals surface area contributed by atoms with E-state index in [9.17, 15) is 0 Å². The van der Waals surface area contributed by atoms with E-state index in [-0.39, 0.29) is 10.8 Å². The number of hydrogen-bond acceptors (Lipinski definition) is 4. The normalized spacial score (nSPS) is 13.7. The van der Waals surface area contributed by atoms with Crippen LogP contribution in [0.3, 0.4) is 0 Å². The number of nitrogens with two attached hydrogens (primary N) is 1. The van der Waals surface area contributed by atoms with Crippen LogP contribution in [0.4, 0.5) is 0 Å². The fraction of sp³-hybridized carbons (Fsp3) is 0.400. The summed E-state index contributed by atoms with van der Waals surface area (Å²) in [7, 11) is 0. The Kier molecular flexibility index (Phi) is 4.45. The molecule has 2 rings (SSSR count). The molecule has 3 N–H and O–H groups in total. The molecule has 1 aromatic heterocycles. The van der Waals surface area contributed by atoms with Gasteiger partial charge in [-0.05, 0) is 10.9 Å². The molecule has 1 aromatic carbocycles. The number of rotatable bonds is 4. The Bertz CT molecular complexity index is 543. The molecule has 4 heteroatoms. The van der Waals surface area contributed by atoms with E-state index in [1.165, 1.54) is 5.39 Å². The molecule has 0 saturated heterocycles. The van der Waals surface area contributed by atoms with Crippen LogP contribution in [-0.4, -0.2) is 15.5 Å². The minimum atomic E-state index is 0.114. The molecular weight excluding hydrogens is 254 g/mol. The van der Waals surface area contributed by atoms with E-state index >= 15 is 0 Å². The lowest BCUT2D eigenvalue weighted by atomic mass is 10.0. The average molecular weight is 275 g/mol. The number of pyridine rings is 1. The third-order valence-corrected chi connectivity index (χ3v) is 4.32. The first-order valence-electron chi connectivity index (χ1n) is 6.44. The van der Waals surface area contributed by atoms with E-state index in [1.54, 1.807) is 0 Å². The number of thioether (sulfide) groups is 1. The summed E-state index contributed by atoms with van der Waals surface area (Å²) in [5.41, 5.74) is 4.09. The van der Waals surface area contributed by atoms with E-state index in [2.05, 4.69) is 49.4 Å². The van der Waals surface area contributed by atoms with Crippen molar-refractivity contribution in [3.8, 4) is 0 Å². The molecule has 2 aromatic rings. The van der Waals surface area contributed by atoms with Gasteiger partial charge in [0.05, 0.1) is 6.04 Å². The van der Waals surface area contributed by atoms with Crippen molar-refractivity contribution in [3.63, 3.8) is 0 Å². The van der Waals surface area contributed by atoms with Gasteiger partial charge in [0.15, 0.2) is 0 Å². The van der Waals surface area contributed by atoms with Crippen molar-refractivity contribution in [3.05, 3.63) is 42.2 Å². The predicted molar refractivity (Wildman–Crippen MR) is 84.0 cm³/mol. The van der Waals surface area contributed by atoms with Gasteiger partial charge in [0, 0.05) is 28.3 Å². The van der Waals surface area contributed by atoms with Crippen LogP contribution < -0.4 is 11.3 Å². The minimum Gasteiger partial charge on any atom is -0.271 e. The molecule has 1 heterocycles. The van der Waals surface area contributed by atoms with Crippen molar-refractivity contribution in [2.45, 2.75) is 31.6 Å². The molecule has 0 saturated carbocycles. The quantitative estimate of drug-likeness (QED) is 0.664. The number of hydrogen-bond donors (Lipinski definition) is 2. The van der Waals surface area contributed by atoms with Crippen LogP contribution in [0.2, 0.25) is 0 Å². The topological polar surface area (TPSA) is 50.9 Å². The van der Waals surface area contributed by atoms with Gasteiger partial charge >= 0.3 is 0 Å². The highest BCUT2D eigenvalue weighted by Gasteiger charge is 2.18. The Hall–Kier alpha value is -1.10. The predicted octanol–water partition coefficient (Wildman–Crippen LogP) is 3.27. The van der Waals surface area contributed by atoms with Crippen LogP contribution in [0, 0.1) is 0 Å². The number of hydrazine groups is 1. The van der Waals surface area contributed by atoms with Gasteiger partial charge in [0.1, 0.15) is 0 Å². The highest BCUT2D eigenvalue weighted by atomic mass is 32.2.